The molecule has 0 aromatic heterocycles. The lowest BCUT2D eigenvalue weighted by molar-refractivity contribution is 0.146. The molecule has 1 fully saturated rings. The first kappa shape index (κ1) is 19.2. The second-order valence-electron chi connectivity index (χ2n) is 7.34. The first-order chi connectivity index (χ1) is 11.5. The number of nitrogens with zero attached hydrogens (tertiary/aromatic N) is 2. The van der Waals surface area contributed by atoms with Crippen LogP contribution in [0.3, 0.4) is 0 Å². The third-order valence-electron chi connectivity index (χ3n) is 4.21. The molecule has 1 aromatic rings. The van der Waals surface area contributed by atoms with Gasteiger partial charge in [-0.25, -0.2) is 0 Å². The summed E-state index contributed by atoms with van der Waals surface area (Å²) in [6.07, 6.45) is 0. The molecule has 1 aliphatic rings. The lowest BCUT2D eigenvalue weighted by Gasteiger charge is -2.36. The molecule has 1 N–H and O–H groups in total. The highest BCUT2D eigenvalue weighted by molar-refractivity contribution is 6.59. The molecule has 1 saturated heterocycles. The number of piperazine rings is 1. The summed E-state index contributed by atoms with van der Waals surface area (Å²) >= 11 is 0. The molecule has 2 rings (SSSR count). The second-order valence-corrected chi connectivity index (χ2v) is 7.34. The van der Waals surface area contributed by atoms with Gasteiger partial charge in [0.25, 0.3) is 0 Å². The van der Waals surface area contributed by atoms with Gasteiger partial charge in [0, 0.05) is 52.1 Å². The van der Waals surface area contributed by atoms with Gasteiger partial charge in [-0.15, -0.1) is 0 Å². The van der Waals surface area contributed by atoms with E-state index in [1.165, 1.54) is 5.69 Å². The Hall–Kier alpha value is -1.11. The minimum Gasteiger partial charge on any atom is -0.491 e. The number of rotatable bonds is 9. The van der Waals surface area contributed by atoms with E-state index in [4.69, 9.17) is 9.47 Å². The molecule has 0 spiro atoms. The zero-order chi connectivity index (χ0) is 17.4. The van der Waals surface area contributed by atoms with Crippen LogP contribution >= 0.6 is 0 Å². The van der Waals surface area contributed by atoms with Crippen molar-refractivity contribution in [1.82, 2.24) is 10.2 Å². The summed E-state index contributed by atoms with van der Waals surface area (Å²) in [7, 11) is 8.33. The van der Waals surface area contributed by atoms with Gasteiger partial charge in [0.15, 0.2) is 0 Å². The topological polar surface area (TPSA) is 37.0 Å². The largest absolute Gasteiger partial charge is 0.491 e. The van der Waals surface area contributed by atoms with E-state index < -0.39 is 0 Å². The molecule has 1 heterocycles. The van der Waals surface area contributed by atoms with Gasteiger partial charge in [-0.2, -0.15) is 0 Å². The Morgan fingerprint density at radius 3 is 2.29 bits per heavy atom. The van der Waals surface area contributed by atoms with Gasteiger partial charge in [-0.3, -0.25) is 4.90 Å². The van der Waals surface area contributed by atoms with E-state index in [-0.39, 0.29) is 5.24 Å². The van der Waals surface area contributed by atoms with E-state index in [2.05, 4.69) is 50.8 Å². The Morgan fingerprint density at radius 2 is 1.71 bits per heavy atom. The molecule has 0 radical (unpaired) electrons. The summed E-state index contributed by atoms with van der Waals surface area (Å²) in [6.45, 7) is 7.80. The predicted octanol–water partition coefficient (Wildman–Crippen LogP) is -2.07. The van der Waals surface area contributed by atoms with E-state index >= 15 is 0 Å². The highest BCUT2D eigenvalue weighted by atomic mass is 16.5. The molecule has 5 nitrogen and oxygen atoms in total. The fourth-order valence-electron chi connectivity index (χ4n) is 2.81. The first-order valence-corrected chi connectivity index (χ1v) is 8.92. The SMILES string of the molecule is BC(B)(B)NCCN1CCN(c2ccc(OCCOC)cc2)CC1. The van der Waals surface area contributed by atoms with Gasteiger partial charge >= 0.3 is 0 Å². The quantitative estimate of drug-likeness (QED) is 0.416. The van der Waals surface area contributed by atoms with Crippen LogP contribution in [0.15, 0.2) is 24.3 Å². The predicted molar refractivity (Wildman–Crippen MR) is 109 cm³/mol. The van der Waals surface area contributed by atoms with Crippen molar-refractivity contribution in [3.63, 3.8) is 0 Å². The summed E-state index contributed by atoms with van der Waals surface area (Å²) in [5.74, 6) is 0.905. The van der Waals surface area contributed by atoms with Crippen LogP contribution in [0, 0.1) is 0 Å². The van der Waals surface area contributed by atoms with Crippen molar-refractivity contribution in [2.45, 2.75) is 5.24 Å². The van der Waals surface area contributed by atoms with Gasteiger partial charge < -0.3 is 19.7 Å². The minimum atomic E-state index is 0.203. The molecular formula is C16H30B3N3O2. The first-order valence-electron chi connectivity index (χ1n) is 8.92. The molecule has 0 saturated carbocycles. The zero-order valence-electron chi connectivity index (χ0n) is 15.7. The van der Waals surface area contributed by atoms with Gasteiger partial charge in [0.2, 0.25) is 0 Å². The molecule has 1 aromatic carbocycles. The summed E-state index contributed by atoms with van der Waals surface area (Å²) in [4.78, 5) is 4.99. The normalized spacial score (nSPS) is 16.3. The lowest BCUT2D eigenvalue weighted by Crippen LogP contribution is -2.52. The van der Waals surface area contributed by atoms with Crippen molar-refractivity contribution in [3.05, 3.63) is 24.3 Å². The van der Waals surface area contributed by atoms with Crippen molar-refractivity contribution < 1.29 is 9.47 Å². The number of benzene rings is 1. The Morgan fingerprint density at radius 1 is 1.04 bits per heavy atom. The summed E-state index contributed by atoms with van der Waals surface area (Å²) in [5.41, 5.74) is 1.28. The Kier molecular flexibility index (Phi) is 7.53. The lowest BCUT2D eigenvalue weighted by atomic mass is 9.49. The van der Waals surface area contributed by atoms with Gasteiger partial charge in [0.05, 0.1) is 6.61 Å². The van der Waals surface area contributed by atoms with Gasteiger partial charge in [-0.05, 0) is 24.3 Å². The standard InChI is InChI=1S/C16H30B3N3O2/c1-23-12-13-24-15-4-2-14(3-5-15)22-10-8-21(9-11-22)7-6-20-16(17,18)19/h2-5,20H,6-13,17-19H2,1H3. The highest BCUT2D eigenvalue weighted by Crippen LogP contribution is 2.20. The van der Waals surface area contributed by atoms with Crippen LogP contribution < -0.4 is 15.0 Å². The molecule has 8 heteroatoms. The molecule has 1 aliphatic heterocycles. The van der Waals surface area contributed by atoms with Gasteiger partial charge in [0.1, 0.15) is 35.9 Å². The van der Waals surface area contributed by atoms with Crippen LogP contribution in [0.25, 0.3) is 0 Å². The van der Waals surface area contributed by atoms with Crippen LogP contribution in [0.2, 0.25) is 0 Å². The zero-order valence-corrected chi connectivity index (χ0v) is 15.7. The van der Waals surface area contributed by atoms with Crippen LogP contribution in [-0.4, -0.2) is 93.3 Å². The maximum Gasteiger partial charge on any atom is 0.119 e. The van der Waals surface area contributed by atoms with Crippen LogP contribution in [0.4, 0.5) is 5.69 Å². The fourth-order valence-corrected chi connectivity index (χ4v) is 2.81. The van der Waals surface area contributed by atoms with E-state index in [9.17, 15) is 0 Å². The average Bonchev–Trinajstić information content (AvgIpc) is 2.55. The Balaban J connectivity index is 1.71. The summed E-state index contributed by atoms with van der Waals surface area (Å²) in [6, 6.07) is 8.40. The molecule has 0 amide bonds. The number of ether oxygens (including phenoxy) is 2. The third-order valence-corrected chi connectivity index (χ3v) is 4.21. The van der Waals surface area contributed by atoms with Crippen molar-refractivity contribution >= 4 is 29.2 Å². The molecule has 24 heavy (non-hydrogen) atoms. The van der Waals surface area contributed by atoms with E-state index in [1.807, 2.05) is 12.1 Å². The molecule has 0 atom stereocenters. The number of hydrogen-bond acceptors (Lipinski definition) is 5. The van der Waals surface area contributed by atoms with E-state index in [0.717, 1.165) is 45.0 Å². The fraction of sp³-hybridized carbons (Fsp3) is 0.625. The van der Waals surface area contributed by atoms with Crippen LogP contribution in [0.1, 0.15) is 0 Å². The molecule has 0 unspecified atom stereocenters. The molecule has 130 valence electrons. The number of nitrogens with one attached hydrogen (secondary N) is 1. The van der Waals surface area contributed by atoms with E-state index in [1.54, 1.807) is 7.11 Å². The number of hydrogen-bond donors (Lipinski definition) is 1. The van der Waals surface area contributed by atoms with Crippen molar-refractivity contribution in [3.8, 4) is 5.75 Å². The van der Waals surface area contributed by atoms with Crippen molar-refractivity contribution in [2.75, 3.05) is 64.5 Å². The molecular weight excluding hydrogens is 299 g/mol. The van der Waals surface area contributed by atoms with Crippen LogP contribution in [0.5, 0.6) is 5.75 Å². The minimum absolute atomic E-state index is 0.203. The Labute approximate surface area is 149 Å². The molecule has 0 aliphatic carbocycles. The smallest absolute Gasteiger partial charge is 0.119 e. The van der Waals surface area contributed by atoms with E-state index in [0.29, 0.717) is 13.2 Å². The summed E-state index contributed by atoms with van der Waals surface area (Å²) < 4.78 is 10.6. The van der Waals surface area contributed by atoms with Crippen molar-refractivity contribution in [2.24, 2.45) is 0 Å². The van der Waals surface area contributed by atoms with Crippen LogP contribution in [-0.2, 0) is 4.74 Å². The third kappa shape index (κ3) is 6.79. The number of methoxy groups -OCH3 is 1. The average molecular weight is 329 g/mol. The number of anilines is 1. The van der Waals surface area contributed by atoms with Gasteiger partial charge in [-0.1, -0.05) is 5.24 Å². The monoisotopic (exact) mass is 329 g/mol. The highest BCUT2D eigenvalue weighted by Gasteiger charge is 2.17. The Bertz CT molecular complexity index is 474. The maximum absolute atomic E-state index is 5.62. The maximum atomic E-state index is 5.62. The second kappa shape index (κ2) is 9.40. The van der Waals surface area contributed by atoms with Crippen molar-refractivity contribution in [1.29, 1.82) is 0 Å². The molecule has 0 bridgehead atoms. The summed E-state index contributed by atoms with van der Waals surface area (Å²) in [5, 5.41) is 3.76.